The second-order valence-electron chi connectivity index (χ2n) is 4.57. The second-order valence-corrected chi connectivity index (χ2v) is 5.43. The Kier molecular flexibility index (Phi) is 3.92. The summed E-state index contributed by atoms with van der Waals surface area (Å²) in [4.78, 5) is 13.9. The lowest BCUT2D eigenvalue weighted by atomic mass is 9.85. The normalized spacial score (nSPS) is 16.8. The van der Waals surface area contributed by atoms with Gasteiger partial charge in [0.15, 0.2) is 0 Å². The molecule has 4 nitrogen and oxygen atoms in total. The highest BCUT2D eigenvalue weighted by molar-refractivity contribution is 9.10. The summed E-state index contributed by atoms with van der Waals surface area (Å²) in [6.45, 7) is 1.44. The van der Waals surface area contributed by atoms with Crippen LogP contribution in [0.3, 0.4) is 0 Å². The lowest BCUT2D eigenvalue weighted by molar-refractivity contribution is -0.180. The van der Waals surface area contributed by atoms with E-state index in [0.29, 0.717) is 19.8 Å². The first kappa shape index (κ1) is 13.4. The third kappa shape index (κ3) is 2.37. The van der Waals surface area contributed by atoms with Gasteiger partial charge in [-0.3, -0.25) is 4.79 Å². The van der Waals surface area contributed by atoms with Crippen LogP contribution < -0.4 is 4.90 Å². The van der Waals surface area contributed by atoms with E-state index in [1.54, 1.807) is 0 Å². The Hall–Kier alpha value is -1.07. The van der Waals surface area contributed by atoms with Gasteiger partial charge in [-0.25, -0.2) is 0 Å². The Morgan fingerprint density at radius 3 is 2.67 bits per heavy atom. The number of carbonyl (C=O) groups excluding carboxylic acids is 1. The van der Waals surface area contributed by atoms with Crippen molar-refractivity contribution in [1.82, 2.24) is 0 Å². The molecular formula is C13H16BrNO3. The average Bonchev–Trinajstić information content (AvgIpc) is 2.33. The molecular weight excluding hydrogens is 298 g/mol. The van der Waals surface area contributed by atoms with E-state index < -0.39 is 5.41 Å². The molecule has 5 heteroatoms. The van der Waals surface area contributed by atoms with Gasteiger partial charge in [0.25, 0.3) is 0 Å². The molecule has 18 heavy (non-hydrogen) atoms. The van der Waals surface area contributed by atoms with Crippen molar-refractivity contribution in [3.8, 4) is 0 Å². The van der Waals surface area contributed by atoms with Crippen molar-refractivity contribution in [2.24, 2.45) is 5.41 Å². The molecule has 0 radical (unpaired) electrons. The van der Waals surface area contributed by atoms with E-state index in [1.807, 2.05) is 36.2 Å². The fourth-order valence-electron chi connectivity index (χ4n) is 2.14. The number of anilines is 1. The van der Waals surface area contributed by atoms with E-state index in [-0.39, 0.29) is 5.97 Å². The summed E-state index contributed by atoms with van der Waals surface area (Å²) in [6, 6.07) is 7.92. The van der Waals surface area contributed by atoms with Crippen molar-refractivity contribution in [1.29, 1.82) is 0 Å². The molecule has 1 aromatic rings. The molecule has 98 valence electrons. The number of nitrogens with zero attached hydrogens (tertiary/aromatic N) is 1. The number of methoxy groups -OCH3 is 1. The Bertz CT molecular complexity index is 446. The monoisotopic (exact) mass is 313 g/mol. The van der Waals surface area contributed by atoms with Crippen molar-refractivity contribution in [3.63, 3.8) is 0 Å². The van der Waals surface area contributed by atoms with Gasteiger partial charge in [-0.1, -0.05) is 12.1 Å². The number of carbonyl (C=O) groups is 1. The molecule has 1 fully saturated rings. The van der Waals surface area contributed by atoms with Crippen molar-refractivity contribution >= 4 is 27.6 Å². The Balaban J connectivity index is 2.13. The maximum atomic E-state index is 11.8. The molecule has 1 aromatic carbocycles. The van der Waals surface area contributed by atoms with Crippen molar-refractivity contribution in [3.05, 3.63) is 28.7 Å². The minimum Gasteiger partial charge on any atom is -0.468 e. The van der Waals surface area contributed by atoms with Crippen LogP contribution in [0.25, 0.3) is 0 Å². The number of esters is 1. The summed E-state index contributed by atoms with van der Waals surface area (Å²) in [7, 11) is 3.38. The standard InChI is InChI=1S/C13H16BrNO3/c1-15(11-6-4-3-5-10(11)14)7-13(8-18-9-13)12(16)17-2/h3-6H,7-9H2,1-2H3. The van der Waals surface area contributed by atoms with Gasteiger partial charge in [-0.05, 0) is 28.1 Å². The van der Waals surface area contributed by atoms with Crippen LogP contribution in [0.4, 0.5) is 5.69 Å². The highest BCUT2D eigenvalue weighted by atomic mass is 79.9. The molecule has 0 aromatic heterocycles. The maximum absolute atomic E-state index is 11.8. The number of hydrogen-bond donors (Lipinski definition) is 0. The molecule has 0 N–H and O–H groups in total. The summed E-state index contributed by atoms with van der Waals surface area (Å²) in [5, 5.41) is 0. The number of rotatable bonds is 4. The van der Waals surface area contributed by atoms with Gasteiger partial charge in [-0.2, -0.15) is 0 Å². The number of halogens is 1. The Labute approximate surface area is 115 Å². The van der Waals surface area contributed by atoms with Crippen LogP contribution in [0.15, 0.2) is 28.7 Å². The van der Waals surface area contributed by atoms with Gasteiger partial charge >= 0.3 is 5.97 Å². The largest absolute Gasteiger partial charge is 0.468 e. The Morgan fingerprint density at radius 1 is 1.50 bits per heavy atom. The molecule has 0 aliphatic carbocycles. The minimum absolute atomic E-state index is 0.201. The van der Waals surface area contributed by atoms with E-state index in [4.69, 9.17) is 9.47 Å². The molecule has 2 rings (SSSR count). The van der Waals surface area contributed by atoms with Crippen molar-refractivity contribution in [2.75, 3.05) is 38.8 Å². The summed E-state index contributed by atoms with van der Waals surface area (Å²) < 4.78 is 11.1. The lowest BCUT2D eigenvalue weighted by Crippen LogP contribution is -2.56. The zero-order valence-electron chi connectivity index (χ0n) is 10.5. The van der Waals surface area contributed by atoms with E-state index in [2.05, 4.69) is 15.9 Å². The molecule has 1 aliphatic rings. The molecule has 0 unspecified atom stereocenters. The van der Waals surface area contributed by atoms with Crippen LogP contribution in [0.5, 0.6) is 0 Å². The van der Waals surface area contributed by atoms with Crippen LogP contribution in [-0.4, -0.2) is 39.9 Å². The van der Waals surface area contributed by atoms with Gasteiger partial charge in [0.05, 0.1) is 26.0 Å². The highest BCUT2D eigenvalue weighted by Gasteiger charge is 2.48. The van der Waals surface area contributed by atoms with Crippen LogP contribution in [0.1, 0.15) is 0 Å². The third-order valence-corrected chi connectivity index (χ3v) is 3.85. The smallest absolute Gasteiger partial charge is 0.318 e. The SMILES string of the molecule is COC(=O)C1(CN(C)c2ccccc2Br)COC1. The molecule has 1 saturated heterocycles. The average molecular weight is 314 g/mol. The lowest BCUT2D eigenvalue weighted by Gasteiger charge is -2.41. The summed E-state index contributed by atoms with van der Waals surface area (Å²) in [6.07, 6.45) is 0. The molecule has 1 aliphatic heterocycles. The first-order chi connectivity index (χ1) is 8.59. The second kappa shape index (κ2) is 5.28. The van der Waals surface area contributed by atoms with E-state index in [0.717, 1.165) is 10.2 Å². The van der Waals surface area contributed by atoms with Gasteiger partial charge in [0.1, 0.15) is 5.41 Å². The first-order valence-electron chi connectivity index (χ1n) is 5.71. The zero-order chi connectivity index (χ0) is 13.2. The summed E-state index contributed by atoms with van der Waals surface area (Å²) in [5.41, 5.74) is 0.520. The quantitative estimate of drug-likeness (QED) is 0.798. The van der Waals surface area contributed by atoms with Crippen LogP contribution in [0, 0.1) is 5.41 Å². The molecule has 1 heterocycles. The molecule has 0 amide bonds. The topological polar surface area (TPSA) is 38.8 Å². The number of benzene rings is 1. The van der Waals surface area contributed by atoms with Crippen molar-refractivity contribution in [2.45, 2.75) is 0 Å². The number of para-hydroxylation sites is 1. The first-order valence-corrected chi connectivity index (χ1v) is 6.50. The van der Waals surface area contributed by atoms with Gasteiger partial charge in [0.2, 0.25) is 0 Å². The zero-order valence-corrected chi connectivity index (χ0v) is 12.1. The molecule has 0 atom stereocenters. The number of ether oxygens (including phenoxy) is 2. The fourth-order valence-corrected chi connectivity index (χ4v) is 2.73. The Morgan fingerprint density at radius 2 is 2.17 bits per heavy atom. The molecule has 0 saturated carbocycles. The van der Waals surface area contributed by atoms with Gasteiger partial charge < -0.3 is 14.4 Å². The van der Waals surface area contributed by atoms with Crippen LogP contribution in [0.2, 0.25) is 0 Å². The molecule has 0 bridgehead atoms. The maximum Gasteiger partial charge on any atom is 0.318 e. The fraction of sp³-hybridized carbons (Fsp3) is 0.462. The predicted octanol–water partition coefficient (Wildman–Crippen LogP) is 2.07. The van der Waals surface area contributed by atoms with E-state index >= 15 is 0 Å². The molecule has 0 spiro atoms. The summed E-state index contributed by atoms with van der Waals surface area (Å²) in [5.74, 6) is -0.201. The van der Waals surface area contributed by atoms with E-state index in [1.165, 1.54) is 7.11 Å². The van der Waals surface area contributed by atoms with Gasteiger partial charge in [0, 0.05) is 18.1 Å². The summed E-state index contributed by atoms with van der Waals surface area (Å²) >= 11 is 3.51. The van der Waals surface area contributed by atoms with Crippen LogP contribution in [-0.2, 0) is 14.3 Å². The van der Waals surface area contributed by atoms with Gasteiger partial charge in [-0.15, -0.1) is 0 Å². The minimum atomic E-state index is -0.529. The van der Waals surface area contributed by atoms with Crippen LogP contribution >= 0.6 is 15.9 Å². The van der Waals surface area contributed by atoms with E-state index in [9.17, 15) is 4.79 Å². The van der Waals surface area contributed by atoms with Crippen molar-refractivity contribution < 1.29 is 14.3 Å². The number of hydrogen-bond acceptors (Lipinski definition) is 4. The predicted molar refractivity (Wildman–Crippen MR) is 72.7 cm³/mol. The highest BCUT2D eigenvalue weighted by Crippen LogP contribution is 2.33. The third-order valence-electron chi connectivity index (χ3n) is 3.18.